The van der Waals surface area contributed by atoms with Crippen molar-refractivity contribution in [2.45, 2.75) is 0 Å². The van der Waals surface area contributed by atoms with Gasteiger partial charge in [0, 0.05) is 28.4 Å². The van der Waals surface area contributed by atoms with Crippen LogP contribution in [0.15, 0.2) is 54.7 Å². The summed E-state index contributed by atoms with van der Waals surface area (Å²) in [6.07, 6.45) is 1.97. The number of anilines is 2. The molecule has 4 aromatic rings. The third-order valence-electron chi connectivity index (χ3n) is 3.59. The molecule has 4 rings (SSSR count). The molecule has 0 unspecified atom stereocenters. The van der Waals surface area contributed by atoms with E-state index in [1.807, 2.05) is 42.6 Å². The van der Waals surface area contributed by atoms with Crippen LogP contribution in [0.3, 0.4) is 0 Å². The lowest BCUT2D eigenvalue weighted by molar-refractivity contribution is 0.415. The highest BCUT2D eigenvalue weighted by Gasteiger charge is 2.11. The Balaban J connectivity index is 1.61. The van der Waals surface area contributed by atoms with Crippen LogP contribution in [0, 0.1) is 0 Å². The lowest BCUT2D eigenvalue weighted by Crippen LogP contribution is -1.89. The van der Waals surface area contributed by atoms with Gasteiger partial charge in [-0.3, -0.25) is 0 Å². The number of ether oxygens (including phenoxy) is 1. The maximum atomic E-state index is 5.16. The minimum absolute atomic E-state index is 0.760. The predicted octanol–water partition coefficient (Wildman–Crippen LogP) is 4.44. The molecule has 6 heteroatoms. The largest absolute Gasteiger partial charge is 0.497 e. The minimum Gasteiger partial charge on any atom is -0.497 e. The van der Waals surface area contributed by atoms with E-state index in [1.165, 1.54) is 11.3 Å². The Morgan fingerprint density at radius 2 is 1.87 bits per heavy atom. The van der Waals surface area contributed by atoms with Crippen molar-refractivity contribution in [3.8, 4) is 16.3 Å². The zero-order valence-corrected chi connectivity index (χ0v) is 13.2. The highest BCUT2D eigenvalue weighted by Crippen LogP contribution is 2.33. The minimum atomic E-state index is 0.760. The quantitative estimate of drug-likeness (QED) is 0.583. The number of hydrogen-bond donors (Lipinski definition) is 2. The van der Waals surface area contributed by atoms with Gasteiger partial charge in [0.2, 0.25) is 5.13 Å². The van der Waals surface area contributed by atoms with Crippen LogP contribution < -0.4 is 10.1 Å². The molecule has 114 valence electrons. The van der Waals surface area contributed by atoms with Crippen molar-refractivity contribution in [3.05, 3.63) is 54.7 Å². The zero-order valence-electron chi connectivity index (χ0n) is 12.4. The average Bonchev–Trinajstić information content (AvgIpc) is 3.22. The summed E-state index contributed by atoms with van der Waals surface area (Å²) in [5.74, 6) is 0.826. The molecule has 2 aromatic carbocycles. The molecule has 0 fully saturated rings. The summed E-state index contributed by atoms with van der Waals surface area (Å²) >= 11 is 1.53. The van der Waals surface area contributed by atoms with E-state index < -0.39 is 0 Å². The topological polar surface area (TPSA) is 62.8 Å². The van der Waals surface area contributed by atoms with Crippen LogP contribution in [0.5, 0.6) is 5.75 Å². The van der Waals surface area contributed by atoms with E-state index in [0.717, 1.165) is 38.0 Å². The molecule has 0 amide bonds. The number of fused-ring (bicyclic) bond motifs is 1. The summed E-state index contributed by atoms with van der Waals surface area (Å²) in [6.45, 7) is 0. The predicted molar refractivity (Wildman–Crippen MR) is 93.5 cm³/mol. The normalized spacial score (nSPS) is 10.8. The van der Waals surface area contributed by atoms with E-state index in [-0.39, 0.29) is 0 Å². The molecule has 23 heavy (non-hydrogen) atoms. The number of rotatable bonds is 4. The molecule has 0 saturated carbocycles. The van der Waals surface area contributed by atoms with Gasteiger partial charge in [0.25, 0.3) is 0 Å². The van der Waals surface area contributed by atoms with E-state index >= 15 is 0 Å². The van der Waals surface area contributed by atoms with E-state index in [4.69, 9.17) is 4.74 Å². The average molecular weight is 322 g/mol. The van der Waals surface area contributed by atoms with Crippen LogP contribution >= 0.6 is 11.3 Å². The second-order valence-corrected chi connectivity index (χ2v) is 5.99. The second-order valence-electron chi connectivity index (χ2n) is 5.01. The zero-order chi connectivity index (χ0) is 15.6. The van der Waals surface area contributed by atoms with Gasteiger partial charge in [0.05, 0.1) is 7.11 Å². The summed E-state index contributed by atoms with van der Waals surface area (Å²) in [6, 6.07) is 15.9. The van der Waals surface area contributed by atoms with Crippen molar-refractivity contribution in [1.29, 1.82) is 0 Å². The maximum Gasteiger partial charge on any atom is 0.210 e. The van der Waals surface area contributed by atoms with E-state index in [9.17, 15) is 0 Å². The molecule has 2 N–H and O–H groups in total. The van der Waals surface area contributed by atoms with Crippen molar-refractivity contribution in [1.82, 2.24) is 15.2 Å². The molecule has 0 spiro atoms. The Labute approximate surface area is 137 Å². The van der Waals surface area contributed by atoms with Crippen molar-refractivity contribution < 1.29 is 4.74 Å². The summed E-state index contributed by atoms with van der Waals surface area (Å²) in [4.78, 5) is 3.26. The van der Waals surface area contributed by atoms with Gasteiger partial charge in [-0.1, -0.05) is 29.5 Å². The molecule has 0 aliphatic rings. The van der Waals surface area contributed by atoms with E-state index in [1.54, 1.807) is 7.11 Å². The standard InChI is InChI=1S/C17H14N4OS/c1-22-12-8-6-11(7-9-12)19-17-21-20-16(23-17)14-10-18-15-5-3-2-4-13(14)15/h2-10,18H,1H3,(H,19,21). The van der Waals surface area contributed by atoms with Crippen LogP contribution in [0.1, 0.15) is 0 Å². The van der Waals surface area contributed by atoms with Crippen molar-refractivity contribution in [2.75, 3.05) is 12.4 Å². The van der Waals surface area contributed by atoms with Gasteiger partial charge in [-0.2, -0.15) is 0 Å². The third-order valence-corrected chi connectivity index (χ3v) is 4.46. The molecule has 0 saturated heterocycles. The van der Waals surface area contributed by atoms with Crippen LogP contribution in [0.2, 0.25) is 0 Å². The van der Waals surface area contributed by atoms with Crippen molar-refractivity contribution in [3.63, 3.8) is 0 Å². The Kier molecular flexibility index (Phi) is 3.44. The highest BCUT2D eigenvalue weighted by atomic mass is 32.1. The van der Waals surface area contributed by atoms with Gasteiger partial charge >= 0.3 is 0 Å². The number of aromatic nitrogens is 3. The molecule has 0 bridgehead atoms. The summed E-state index contributed by atoms with van der Waals surface area (Å²) < 4.78 is 5.16. The molecule has 0 aliphatic heterocycles. The first-order chi connectivity index (χ1) is 11.3. The third kappa shape index (κ3) is 2.64. The number of para-hydroxylation sites is 1. The molecule has 0 radical (unpaired) electrons. The van der Waals surface area contributed by atoms with Gasteiger partial charge in [-0.25, -0.2) is 0 Å². The van der Waals surface area contributed by atoms with Crippen LogP contribution in [0.4, 0.5) is 10.8 Å². The Bertz CT molecular complexity index is 943. The lowest BCUT2D eigenvalue weighted by Gasteiger charge is -2.03. The summed E-state index contributed by atoms with van der Waals surface area (Å²) in [5, 5.41) is 14.6. The Morgan fingerprint density at radius 3 is 2.70 bits per heavy atom. The van der Waals surface area contributed by atoms with Gasteiger partial charge in [-0.05, 0) is 30.3 Å². The van der Waals surface area contributed by atoms with Crippen LogP contribution in [-0.4, -0.2) is 22.3 Å². The fourth-order valence-electron chi connectivity index (χ4n) is 2.43. The monoisotopic (exact) mass is 322 g/mol. The molecule has 0 atom stereocenters. The van der Waals surface area contributed by atoms with E-state index in [0.29, 0.717) is 0 Å². The lowest BCUT2D eigenvalue weighted by atomic mass is 10.2. The first-order valence-corrected chi connectivity index (χ1v) is 7.96. The Morgan fingerprint density at radius 1 is 1.04 bits per heavy atom. The molecule has 2 aromatic heterocycles. The second kappa shape index (κ2) is 5.73. The summed E-state index contributed by atoms with van der Waals surface area (Å²) in [7, 11) is 1.65. The van der Waals surface area contributed by atoms with Crippen LogP contribution in [0.25, 0.3) is 21.5 Å². The maximum absolute atomic E-state index is 5.16. The fourth-order valence-corrected chi connectivity index (χ4v) is 3.22. The number of methoxy groups -OCH3 is 1. The van der Waals surface area contributed by atoms with Crippen molar-refractivity contribution >= 4 is 33.1 Å². The first kappa shape index (κ1) is 13.8. The van der Waals surface area contributed by atoms with Gasteiger partial charge in [-0.15, -0.1) is 10.2 Å². The summed E-state index contributed by atoms with van der Waals surface area (Å²) in [5.41, 5.74) is 3.12. The molecule has 0 aliphatic carbocycles. The van der Waals surface area contributed by atoms with Gasteiger partial charge < -0.3 is 15.0 Å². The molecule has 2 heterocycles. The molecular weight excluding hydrogens is 308 g/mol. The Hall–Kier alpha value is -2.86. The van der Waals surface area contributed by atoms with Gasteiger partial charge in [0.1, 0.15) is 5.75 Å². The number of benzene rings is 2. The first-order valence-electron chi connectivity index (χ1n) is 7.14. The smallest absolute Gasteiger partial charge is 0.210 e. The highest BCUT2D eigenvalue weighted by molar-refractivity contribution is 7.18. The van der Waals surface area contributed by atoms with Gasteiger partial charge in [0.15, 0.2) is 5.01 Å². The SMILES string of the molecule is COc1ccc(Nc2nnc(-c3c[nH]c4ccccc34)s2)cc1. The number of hydrogen-bond acceptors (Lipinski definition) is 5. The number of nitrogens with zero attached hydrogens (tertiary/aromatic N) is 2. The van der Waals surface area contributed by atoms with E-state index in [2.05, 4.69) is 32.6 Å². The molecular formula is C17H14N4OS. The number of aromatic amines is 1. The van der Waals surface area contributed by atoms with Crippen molar-refractivity contribution in [2.24, 2.45) is 0 Å². The fraction of sp³-hybridized carbons (Fsp3) is 0.0588. The molecule has 5 nitrogen and oxygen atoms in total. The number of H-pyrrole nitrogens is 1. The van der Waals surface area contributed by atoms with Crippen LogP contribution in [-0.2, 0) is 0 Å². The number of nitrogens with one attached hydrogen (secondary N) is 2.